The van der Waals surface area contributed by atoms with E-state index in [0.29, 0.717) is 18.3 Å². The van der Waals surface area contributed by atoms with Gasteiger partial charge in [0.2, 0.25) is 0 Å². The fourth-order valence-corrected chi connectivity index (χ4v) is 2.34. The molecule has 2 aliphatic rings. The summed E-state index contributed by atoms with van der Waals surface area (Å²) in [6, 6.07) is 0. The van der Waals surface area contributed by atoms with Gasteiger partial charge in [-0.2, -0.15) is 4.98 Å². The standard InChI is InChI=1S/C12H19N3O2/c13-12(5-1-2-6-12)11-14-10(17-15-11)8-16-7-9-3-4-9/h9H,1-8,13H2. The molecule has 0 atom stereocenters. The SMILES string of the molecule is NC1(c2noc(COCC3CC3)n2)CCCC1. The Bertz CT molecular complexity index is 381. The maximum Gasteiger partial charge on any atom is 0.252 e. The lowest BCUT2D eigenvalue weighted by molar-refractivity contribution is 0.0894. The van der Waals surface area contributed by atoms with Gasteiger partial charge in [0.15, 0.2) is 5.82 Å². The molecule has 0 aliphatic heterocycles. The van der Waals surface area contributed by atoms with E-state index >= 15 is 0 Å². The third-order valence-electron chi connectivity index (χ3n) is 3.69. The molecule has 0 radical (unpaired) electrons. The van der Waals surface area contributed by atoms with Crippen LogP contribution >= 0.6 is 0 Å². The molecule has 5 heteroatoms. The smallest absolute Gasteiger partial charge is 0.252 e. The van der Waals surface area contributed by atoms with Gasteiger partial charge in [-0.05, 0) is 31.6 Å². The van der Waals surface area contributed by atoms with Gasteiger partial charge in [-0.25, -0.2) is 0 Å². The minimum atomic E-state index is -0.363. The Balaban J connectivity index is 1.57. The van der Waals surface area contributed by atoms with E-state index in [2.05, 4.69) is 10.1 Å². The molecule has 2 fully saturated rings. The van der Waals surface area contributed by atoms with Crippen LogP contribution in [0.2, 0.25) is 0 Å². The molecule has 1 heterocycles. The van der Waals surface area contributed by atoms with Crippen molar-refractivity contribution in [2.24, 2.45) is 11.7 Å². The second-order valence-corrected chi connectivity index (χ2v) is 5.33. The van der Waals surface area contributed by atoms with Crippen molar-refractivity contribution in [3.8, 4) is 0 Å². The zero-order valence-corrected chi connectivity index (χ0v) is 10.0. The van der Waals surface area contributed by atoms with Crippen LogP contribution in [-0.4, -0.2) is 16.7 Å². The van der Waals surface area contributed by atoms with E-state index in [9.17, 15) is 0 Å². The molecule has 17 heavy (non-hydrogen) atoms. The number of ether oxygens (including phenoxy) is 1. The molecule has 1 aromatic heterocycles. The number of nitrogens with zero attached hydrogens (tertiary/aromatic N) is 2. The molecule has 0 amide bonds. The zero-order valence-electron chi connectivity index (χ0n) is 10.0. The third-order valence-corrected chi connectivity index (χ3v) is 3.69. The molecule has 2 saturated carbocycles. The largest absolute Gasteiger partial charge is 0.371 e. The van der Waals surface area contributed by atoms with Crippen LogP contribution in [0.3, 0.4) is 0 Å². The second kappa shape index (κ2) is 4.38. The Morgan fingerprint density at radius 3 is 2.82 bits per heavy atom. The highest BCUT2D eigenvalue weighted by Crippen LogP contribution is 2.34. The van der Waals surface area contributed by atoms with Crippen LogP contribution in [0.4, 0.5) is 0 Å². The van der Waals surface area contributed by atoms with E-state index in [-0.39, 0.29) is 5.54 Å². The predicted molar refractivity (Wildman–Crippen MR) is 61.0 cm³/mol. The van der Waals surface area contributed by atoms with Gasteiger partial charge in [-0.15, -0.1) is 0 Å². The lowest BCUT2D eigenvalue weighted by Crippen LogP contribution is -2.34. The number of aromatic nitrogens is 2. The highest BCUT2D eigenvalue weighted by molar-refractivity contribution is 5.06. The summed E-state index contributed by atoms with van der Waals surface area (Å²) in [5.41, 5.74) is 5.89. The molecule has 0 aromatic carbocycles. The quantitative estimate of drug-likeness (QED) is 0.844. The molecule has 0 saturated heterocycles. The van der Waals surface area contributed by atoms with Crippen LogP contribution in [0.25, 0.3) is 0 Å². The predicted octanol–water partition coefficient (Wildman–Crippen LogP) is 1.72. The summed E-state index contributed by atoms with van der Waals surface area (Å²) in [6.45, 7) is 1.23. The summed E-state index contributed by atoms with van der Waals surface area (Å²) in [7, 11) is 0. The van der Waals surface area contributed by atoms with E-state index in [1.165, 1.54) is 12.8 Å². The second-order valence-electron chi connectivity index (χ2n) is 5.33. The number of nitrogens with two attached hydrogens (primary N) is 1. The van der Waals surface area contributed by atoms with Crippen molar-refractivity contribution in [3.63, 3.8) is 0 Å². The number of rotatable bonds is 5. The Hall–Kier alpha value is -0.940. The van der Waals surface area contributed by atoms with E-state index in [1.54, 1.807) is 0 Å². The Morgan fingerprint density at radius 2 is 2.12 bits per heavy atom. The summed E-state index contributed by atoms with van der Waals surface area (Å²) < 4.78 is 10.7. The zero-order chi connectivity index (χ0) is 11.7. The van der Waals surface area contributed by atoms with Crippen LogP contribution < -0.4 is 5.73 Å². The van der Waals surface area contributed by atoms with Crippen molar-refractivity contribution in [1.82, 2.24) is 10.1 Å². The molecule has 1 aromatic rings. The van der Waals surface area contributed by atoms with Crippen LogP contribution in [0, 0.1) is 5.92 Å². The normalized spacial score (nSPS) is 23.1. The first-order valence-corrected chi connectivity index (χ1v) is 6.46. The van der Waals surface area contributed by atoms with Crippen molar-refractivity contribution >= 4 is 0 Å². The van der Waals surface area contributed by atoms with Crippen LogP contribution in [0.1, 0.15) is 50.2 Å². The van der Waals surface area contributed by atoms with Crippen LogP contribution in [-0.2, 0) is 16.9 Å². The number of hydrogen-bond acceptors (Lipinski definition) is 5. The maximum atomic E-state index is 6.25. The molecule has 0 spiro atoms. The molecule has 2 N–H and O–H groups in total. The van der Waals surface area contributed by atoms with Crippen molar-refractivity contribution in [3.05, 3.63) is 11.7 Å². The van der Waals surface area contributed by atoms with Gasteiger partial charge in [0.1, 0.15) is 6.61 Å². The first kappa shape index (κ1) is 11.2. The van der Waals surface area contributed by atoms with E-state index in [1.807, 2.05) is 0 Å². The lowest BCUT2D eigenvalue weighted by atomic mass is 9.99. The highest BCUT2D eigenvalue weighted by atomic mass is 16.5. The topological polar surface area (TPSA) is 74.2 Å². The first-order chi connectivity index (χ1) is 8.26. The maximum absolute atomic E-state index is 6.25. The molecule has 2 aliphatic carbocycles. The molecule has 0 bridgehead atoms. The van der Waals surface area contributed by atoms with Gasteiger partial charge in [0, 0.05) is 0 Å². The Kier molecular flexibility index (Phi) is 2.88. The molecular formula is C12H19N3O2. The molecule has 5 nitrogen and oxygen atoms in total. The number of hydrogen-bond donors (Lipinski definition) is 1. The van der Waals surface area contributed by atoms with Crippen molar-refractivity contribution in [1.29, 1.82) is 0 Å². The third kappa shape index (κ3) is 2.50. The van der Waals surface area contributed by atoms with Crippen molar-refractivity contribution < 1.29 is 9.26 Å². The monoisotopic (exact) mass is 237 g/mol. The summed E-state index contributed by atoms with van der Waals surface area (Å²) >= 11 is 0. The minimum absolute atomic E-state index is 0.363. The fraction of sp³-hybridized carbons (Fsp3) is 0.833. The molecule has 94 valence electrons. The van der Waals surface area contributed by atoms with Crippen LogP contribution in [0.5, 0.6) is 0 Å². The van der Waals surface area contributed by atoms with Crippen LogP contribution in [0.15, 0.2) is 4.52 Å². The van der Waals surface area contributed by atoms with Gasteiger partial charge in [-0.3, -0.25) is 0 Å². The van der Waals surface area contributed by atoms with Crippen molar-refractivity contribution in [2.45, 2.75) is 50.7 Å². The van der Waals surface area contributed by atoms with E-state index < -0.39 is 0 Å². The van der Waals surface area contributed by atoms with Gasteiger partial charge in [0.25, 0.3) is 5.89 Å². The summed E-state index contributed by atoms with van der Waals surface area (Å²) in [5, 5.41) is 3.99. The van der Waals surface area contributed by atoms with E-state index in [4.69, 9.17) is 15.0 Å². The Morgan fingerprint density at radius 1 is 1.35 bits per heavy atom. The summed E-state index contributed by atoms with van der Waals surface area (Å²) in [6.07, 6.45) is 6.79. The summed E-state index contributed by atoms with van der Waals surface area (Å²) in [4.78, 5) is 4.35. The molecule has 0 unspecified atom stereocenters. The van der Waals surface area contributed by atoms with Gasteiger partial charge < -0.3 is 15.0 Å². The van der Waals surface area contributed by atoms with Gasteiger partial charge in [-0.1, -0.05) is 18.0 Å². The highest BCUT2D eigenvalue weighted by Gasteiger charge is 2.35. The van der Waals surface area contributed by atoms with Crippen molar-refractivity contribution in [2.75, 3.05) is 6.61 Å². The van der Waals surface area contributed by atoms with Gasteiger partial charge in [0.05, 0.1) is 12.1 Å². The lowest BCUT2D eigenvalue weighted by Gasteiger charge is -2.17. The Labute approximate surface area is 101 Å². The molecule has 3 rings (SSSR count). The first-order valence-electron chi connectivity index (χ1n) is 6.46. The van der Waals surface area contributed by atoms with Gasteiger partial charge >= 0.3 is 0 Å². The molecular weight excluding hydrogens is 218 g/mol. The average Bonchev–Trinajstić information content (AvgIpc) is 2.83. The fourth-order valence-electron chi connectivity index (χ4n) is 2.34. The minimum Gasteiger partial charge on any atom is -0.371 e. The average molecular weight is 237 g/mol. The summed E-state index contributed by atoms with van der Waals surface area (Å²) in [5.74, 6) is 1.96. The van der Waals surface area contributed by atoms with E-state index in [0.717, 1.165) is 38.2 Å².